The normalized spacial score (nSPS) is 29.6. The highest BCUT2D eigenvalue weighted by Crippen LogP contribution is 2.50. The summed E-state index contributed by atoms with van der Waals surface area (Å²) >= 11 is 1.46. The summed E-state index contributed by atoms with van der Waals surface area (Å²) in [7, 11) is 0. The third kappa shape index (κ3) is 3.40. The summed E-state index contributed by atoms with van der Waals surface area (Å²) in [6.45, 7) is 8.46. The number of β-lactam (4-membered cyclic amide) rings is 1. The summed E-state index contributed by atoms with van der Waals surface area (Å²) in [4.78, 5) is 37.2. The van der Waals surface area contributed by atoms with Crippen molar-refractivity contribution < 1.29 is 28.6 Å². The van der Waals surface area contributed by atoms with Crippen LogP contribution in [0.15, 0.2) is 0 Å². The second-order valence-electron chi connectivity index (χ2n) is 6.32. The van der Waals surface area contributed by atoms with Crippen LogP contribution in [-0.2, 0) is 23.8 Å². The van der Waals surface area contributed by atoms with E-state index in [1.54, 1.807) is 13.8 Å². The predicted octanol–water partition coefficient (Wildman–Crippen LogP) is 0.827. The molecule has 0 bridgehead atoms. The van der Waals surface area contributed by atoms with Gasteiger partial charge in [-0.05, 0) is 27.7 Å². The molecule has 1 amide bonds. The molecular formula is C14H22N2O6S. The Morgan fingerprint density at radius 3 is 2.39 bits per heavy atom. The fourth-order valence-corrected chi connectivity index (χ4v) is 4.19. The lowest BCUT2D eigenvalue weighted by molar-refractivity contribution is -0.180. The third-order valence-corrected chi connectivity index (χ3v) is 5.17. The number of amides is 1. The van der Waals surface area contributed by atoms with Crippen molar-refractivity contribution in [3.63, 3.8) is 0 Å². The van der Waals surface area contributed by atoms with Gasteiger partial charge in [0.1, 0.15) is 17.5 Å². The molecule has 2 fully saturated rings. The van der Waals surface area contributed by atoms with E-state index in [0.717, 1.165) is 0 Å². The number of hydrogen-bond donors (Lipinski definition) is 1. The number of nitrogens with zero attached hydrogens (tertiary/aromatic N) is 1. The van der Waals surface area contributed by atoms with E-state index in [9.17, 15) is 14.4 Å². The van der Waals surface area contributed by atoms with E-state index in [2.05, 4.69) is 0 Å². The van der Waals surface area contributed by atoms with E-state index < -0.39 is 35.2 Å². The van der Waals surface area contributed by atoms with Crippen LogP contribution in [0.25, 0.3) is 0 Å². The van der Waals surface area contributed by atoms with Crippen molar-refractivity contribution >= 4 is 29.8 Å². The summed E-state index contributed by atoms with van der Waals surface area (Å²) < 4.78 is 14.3. The zero-order chi connectivity index (χ0) is 17.5. The second-order valence-corrected chi connectivity index (χ2v) is 8.10. The molecule has 2 rings (SSSR count). The minimum absolute atomic E-state index is 0.225. The number of fused-ring (bicyclic) bond motifs is 1. The van der Waals surface area contributed by atoms with E-state index in [0.29, 0.717) is 0 Å². The summed E-state index contributed by atoms with van der Waals surface area (Å²) in [6, 6.07) is -1.36. The van der Waals surface area contributed by atoms with Crippen LogP contribution in [0.1, 0.15) is 34.6 Å². The van der Waals surface area contributed by atoms with Gasteiger partial charge < -0.3 is 24.8 Å². The molecule has 0 aliphatic carbocycles. The SMILES string of the molecule is CC(C)OC(=O)OC(C)OC(=O)[C@@H]1N2C(=O)[C@@H](N)[C@H]2SC1(C)C. The van der Waals surface area contributed by atoms with Crippen LogP contribution >= 0.6 is 11.8 Å². The number of esters is 1. The van der Waals surface area contributed by atoms with Crippen molar-refractivity contribution in [1.82, 2.24) is 4.90 Å². The molecule has 1 unspecified atom stereocenters. The maximum Gasteiger partial charge on any atom is 0.511 e. The number of nitrogens with two attached hydrogens (primary N) is 1. The molecule has 8 nitrogen and oxygen atoms in total. The lowest BCUT2D eigenvalue weighted by atomic mass is 9.96. The van der Waals surface area contributed by atoms with Crippen LogP contribution in [-0.4, -0.2) is 57.5 Å². The molecule has 0 spiro atoms. The molecule has 2 saturated heterocycles. The average Bonchev–Trinajstić information content (AvgIpc) is 2.65. The van der Waals surface area contributed by atoms with Crippen LogP contribution < -0.4 is 5.73 Å². The molecule has 0 aromatic carbocycles. The molecule has 2 N–H and O–H groups in total. The Morgan fingerprint density at radius 2 is 1.83 bits per heavy atom. The van der Waals surface area contributed by atoms with Gasteiger partial charge in [-0.25, -0.2) is 9.59 Å². The third-order valence-electron chi connectivity index (χ3n) is 3.58. The number of hydrogen-bond acceptors (Lipinski definition) is 8. The summed E-state index contributed by atoms with van der Waals surface area (Å²) in [5.74, 6) is -0.905. The van der Waals surface area contributed by atoms with Crippen molar-refractivity contribution in [1.29, 1.82) is 0 Å². The highest BCUT2D eigenvalue weighted by atomic mass is 32.2. The van der Waals surface area contributed by atoms with Crippen LogP contribution in [0.3, 0.4) is 0 Å². The number of ether oxygens (including phenoxy) is 3. The molecule has 4 atom stereocenters. The topological polar surface area (TPSA) is 108 Å². The van der Waals surface area contributed by atoms with E-state index in [-0.39, 0.29) is 17.4 Å². The lowest BCUT2D eigenvalue weighted by Gasteiger charge is -2.42. The molecule has 0 aromatic rings. The first-order valence-corrected chi connectivity index (χ1v) is 8.26. The Morgan fingerprint density at radius 1 is 1.22 bits per heavy atom. The average molecular weight is 346 g/mol. The van der Waals surface area contributed by atoms with Crippen molar-refractivity contribution in [3.8, 4) is 0 Å². The standard InChI is InChI=1S/C14H22N2O6S/c1-6(2)20-13(19)22-7(3)21-12(18)9-14(4,5)23-11-8(15)10(17)16(9)11/h6-9,11H,15H2,1-5H3/t7?,8-,9+,11-/m1/s1. The van der Waals surface area contributed by atoms with Gasteiger partial charge in [-0.15, -0.1) is 11.8 Å². The van der Waals surface area contributed by atoms with Crippen LogP contribution in [0.2, 0.25) is 0 Å². The molecule has 23 heavy (non-hydrogen) atoms. The van der Waals surface area contributed by atoms with Gasteiger partial charge in [0, 0.05) is 11.7 Å². The van der Waals surface area contributed by atoms with Crippen molar-refractivity contribution in [2.75, 3.05) is 0 Å². The Labute approximate surface area is 139 Å². The smallest absolute Gasteiger partial charge is 0.431 e. The lowest BCUT2D eigenvalue weighted by Crippen LogP contribution is -2.69. The van der Waals surface area contributed by atoms with Gasteiger partial charge in [-0.1, -0.05) is 0 Å². The number of rotatable bonds is 4. The molecule has 2 aliphatic rings. The molecule has 130 valence electrons. The van der Waals surface area contributed by atoms with Gasteiger partial charge in [0.25, 0.3) is 0 Å². The first-order chi connectivity index (χ1) is 10.5. The van der Waals surface area contributed by atoms with E-state index >= 15 is 0 Å². The maximum absolute atomic E-state index is 12.4. The minimum atomic E-state index is -1.11. The van der Waals surface area contributed by atoms with Crippen LogP contribution in [0.4, 0.5) is 4.79 Å². The molecule has 9 heteroatoms. The van der Waals surface area contributed by atoms with Gasteiger partial charge in [0.2, 0.25) is 12.2 Å². The fourth-order valence-electron chi connectivity index (χ4n) is 2.63. The largest absolute Gasteiger partial charge is 0.511 e. The van der Waals surface area contributed by atoms with Gasteiger partial charge in [-0.2, -0.15) is 0 Å². The Hall–Kier alpha value is -1.48. The monoisotopic (exact) mass is 346 g/mol. The molecule has 0 saturated carbocycles. The Kier molecular flexibility index (Phi) is 4.81. The van der Waals surface area contributed by atoms with Crippen molar-refractivity contribution in [2.45, 2.75) is 69.2 Å². The number of thioether (sulfide) groups is 1. The van der Waals surface area contributed by atoms with E-state index in [1.165, 1.54) is 23.6 Å². The summed E-state index contributed by atoms with van der Waals surface area (Å²) in [6.07, 6.45) is -2.37. The molecule has 0 aromatic heterocycles. The first kappa shape index (κ1) is 17.9. The Balaban J connectivity index is 1.97. The van der Waals surface area contributed by atoms with E-state index in [4.69, 9.17) is 19.9 Å². The van der Waals surface area contributed by atoms with E-state index in [1.807, 2.05) is 13.8 Å². The quantitative estimate of drug-likeness (QED) is 0.453. The van der Waals surface area contributed by atoms with Gasteiger partial charge >= 0.3 is 12.1 Å². The van der Waals surface area contributed by atoms with Gasteiger partial charge in [0.15, 0.2) is 0 Å². The van der Waals surface area contributed by atoms with Gasteiger partial charge in [0.05, 0.1) is 6.10 Å². The predicted molar refractivity (Wildman–Crippen MR) is 82.3 cm³/mol. The van der Waals surface area contributed by atoms with Crippen LogP contribution in [0.5, 0.6) is 0 Å². The summed E-state index contributed by atoms with van der Waals surface area (Å²) in [5.41, 5.74) is 5.75. The Bertz CT molecular complexity index is 523. The molecule has 2 heterocycles. The first-order valence-electron chi connectivity index (χ1n) is 7.38. The molecular weight excluding hydrogens is 324 g/mol. The number of carbonyl (C=O) groups excluding carboxylic acids is 3. The highest BCUT2D eigenvalue weighted by molar-refractivity contribution is 8.01. The zero-order valence-corrected chi connectivity index (χ0v) is 14.6. The summed E-state index contributed by atoms with van der Waals surface area (Å²) in [5, 5.41) is -0.225. The molecule has 2 aliphatic heterocycles. The fraction of sp³-hybridized carbons (Fsp3) is 0.786. The minimum Gasteiger partial charge on any atom is -0.431 e. The highest BCUT2D eigenvalue weighted by Gasteiger charge is 2.63. The second kappa shape index (κ2) is 6.20. The van der Waals surface area contributed by atoms with Crippen molar-refractivity contribution in [3.05, 3.63) is 0 Å². The van der Waals surface area contributed by atoms with Gasteiger partial charge in [-0.3, -0.25) is 4.79 Å². The maximum atomic E-state index is 12.4. The van der Waals surface area contributed by atoms with Crippen LogP contribution in [0, 0.1) is 0 Å². The number of carbonyl (C=O) groups is 3. The molecule has 0 radical (unpaired) electrons. The zero-order valence-electron chi connectivity index (χ0n) is 13.8. The van der Waals surface area contributed by atoms with Crippen molar-refractivity contribution in [2.24, 2.45) is 5.73 Å².